The average molecular weight is 393 g/mol. The Balaban J connectivity index is 1.67. The number of hydrogen-bond acceptors (Lipinski definition) is 4. The van der Waals surface area contributed by atoms with Gasteiger partial charge in [-0.1, -0.05) is 60.2 Å². The summed E-state index contributed by atoms with van der Waals surface area (Å²) in [6.45, 7) is 2.46. The molecule has 0 bridgehead atoms. The second-order valence-electron chi connectivity index (χ2n) is 6.91. The normalized spacial score (nSPS) is 11.3. The van der Waals surface area contributed by atoms with Crippen molar-refractivity contribution in [2.24, 2.45) is 0 Å². The number of nitrogens with zero attached hydrogens (tertiary/aromatic N) is 2. The first-order valence-corrected chi connectivity index (χ1v) is 9.52. The lowest BCUT2D eigenvalue weighted by molar-refractivity contribution is 0.305. The van der Waals surface area contributed by atoms with Crippen molar-refractivity contribution >= 4 is 22.6 Å². The lowest BCUT2D eigenvalue weighted by Gasteiger charge is -2.10. The number of allylic oxidation sites excluding steroid dienone is 1. The molecule has 3 aromatic carbocycles. The van der Waals surface area contributed by atoms with Crippen LogP contribution in [0.15, 0.2) is 77.6 Å². The molecule has 30 heavy (non-hydrogen) atoms. The van der Waals surface area contributed by atoms with Gasteiger partial charge in [-0.3, -0.25) is 4.79 Å². The van der Waals surface area contributed by atoms with Crippen LogP contribution in [0, 0.1) is 18.3 Å². The molecule has 0 fully saturated rings. The summed E-state index contributed by atoms with van der Waals surface area (Å²) in [4.78, 5) is 19.5. The molecule has 0 radical (unpaired) electrons. The number of hydrogen-bond donors (Lipinski definition) is 1. The molecule has 0 aliphatic heterocycles. The molecule has 0 atom stereocenters. The highest BCUT2D eigenvalue weighted by Crippen LogP contribution is 2.24. The summed E-state index contributed by atoms with van der Waals surface area (Å²) in [6.07, 6.45) is 1.68. The van der Waals surface area contributed by atoms with Crippen molar-refractivity contribution in [2.75, 3.05) is 0 Å². The molecule has 0 saturated heterocycles. The molecule has 0 spiro atoms. The Kier molecular flexibility index (Phi) is 5.40. The molecule has 4 rings (SSSR count). The first-order valence-electron chi connectivity index (χ1n) is 9.52. The number of H-pyrrole nitrogens is 1. The molecule has 0 saturated carbocycles. The van der Waals surface area contributed by atoms with Crippen molar-refractivity contribution < 1.29 is 4.74 Å². The van der Waals surface area contributed by atoms with Gasteiger partial charge in [-0.2, -0.15) is 5.26 Å². The van der Waals surface area contributed by atoms with Crippen molar-refractivity contribution in [3.05, 3.63) is 106 Å². The van der Waals surface area contributed by atoms with Crippen LogP contribution in [0.5, 0.6) is 5.75 Å². The maximum Gasteiger partial charge on any atom is 0.259 e. The highest BCUT2D eigenvalue weighted by molar-refractivity contribution is 5.90. The SMILES string of the molecule is Cc1ccc(COc2ccccc2/C=C(/C#N)c2nc3ccccc3c(=O)[nH]2)cc1. The molecule has 1 N–H and O–H groups in total. The highest BCUT2D eigenvalue weighted by atomic mass is 16.5. The second kappa shape index (κ2) is 8.46. The van der Waals surface area contributed by atoms with Crippen molar-refractivity contribution in [1.82, 2.24) is 9.97 Å². The first-order chi connectivity index (χ1) is 14.6. The minimum absolute atomic E-state index is 0.231. The van der Waals surface area contributed by atoms with Crippen LogP contribution in [-0.4, -0.2) is 9.97 Å². The molecule has 1 aromatic heterocycles. The fourth-order valence-corrected chi connectivity index (χ4v) is 3.10. The topological polar surface area (TPSA) is 78.8 Å². The number of ether oxygens (including phenoxy) is 1. The highest BCUT2D eigenvalue weighted by Gasteiger charge is 2.10. The van der Waals surface area contributed by atoms with E-state index in [1.807, 2.05) is 61.5 Å². The van der Waals surface area contributed by atoms with Gasteiger partial charge in [0.25, 0.3) is 5.56 Å². The van der Waals surface area contributed by atoms with Crippen LogP contribution in [0.25, 0.3) is 22.6 Å². The van der Waals surface area contributed by atoms with Crippen molar-refractivity contribution in [2.45, 2.75) is 13.5 Å². The van der Waals surface area contributed by atoms with Crippen molar-refractivity contribution in [3.63, 3.8) is 0 Å². The van der Waals surface area contributed by atoms with Crippen molar-refractivity contribution in [3.8, 4) is 11.8 Å². The van der Waals surface area contributed by atoms with Crippen molar-refractivity contribution in [1.29, 1.82) is 5.26 Å². The van der Waals surface area contributed by atoms with E-state index in [0.717, 1.165) is 11.1 Å². The van der Waals surface area contributed by atoms with Crippen LogP contribution < -0.4 is 10.3 Å². The van der Waals surface area contributed by atoms with Gasteiger partial charge in [0.1, 0.15) is 18.4 Å². The molecule has 146 valence electrons. The quantitative estimate of drug-likeness (QED) is 0.491. The number of aryl methyl sites for hydroxylation is 1. The van der Waals surface area contributed by atoms with E-state index in [0.29, 0.717) is 23.3 Å². The molecule has 1 heterocycles. The molecule has 0 amide bonds. The fraction of sp³-hybridized carbons (Fsp3) is 0.0800. The molecule has 5 heteroatoms. The number of nitriles is 1. The van der Waals surface area contributed by atoms with Gasteiger partial charge >= 0.3 is 0 Å². The number of aromatic nitrogens is 2. The van der Waals surface area contributed by atoms with Gasteiger partial charge in [-0.05, 0) is 36.8 Å². The Morgan fingerprint density at radius 1 is 1.07 bits per heavy atom. The zero-order valence-electron chi connectivity index (χ0n) is 16.4. The number of nitrogens with one attached hydrogen (secondary N) is 1. The molecule has 5 nitrogen and oxygen atoms in total. The van der Waals surface area contributed by atoms with Gasteiger partial charge < -0.3 is 9.72 Å². The van der Waals surface area contributed by atoms with E-state index in [9.17, 15) is 10.1 Å². The summed E-state index contributed by atoms with van der Waals surface area (Å²) in [7, 11) is 0. The maximum absolute atomic E-state index is 12.4. The van der Waals surface area contributed by atoms with Gasteiger partial charge in [0.05, 0.1) is 16.5 Å². The zero-order chi connectivity index (χ0) is 20.9. The van der Waals surface area contributed by atoms with Crippen LogP contribution in [0.4, 0.5) is 0 Å². The van der Waals surface area contributed by atoms with E-state index in [1.54, 1.807) is 24.3 Å². The van der Waals surface area contributed by atoms with E-state index >= 15 is 0 Å². The lowest BCUT2D eigenvalue weighted by atomic mass is 10.1. The lowest BCUT2D eigenvalue weighted by Crippen LogP contribution is -2.11. The number of aromatic amines is 1. The Morgan fingerprint density at radius 2 is 1.80 bits per heavy atom. The summed E-state index contributed by atoms with van der Waals surface area (Å²) in [6, 6.07) is 24.8. The van der Waals surface area contributed by atoms with Gasteiger partial charge in [0.15, 0.2) is 5.82 Å². The van der Waals surface area contributed by atoms with Crippen LogP contribution in [-0.2, 0) is 6.61 Å². The number of para-hydroxylation sites is 2. The van der Waals surface area contributed by atoms with E-state index < -0.39 is 0 Å². The third-order valence-corrected chi connectivity index (χ3v) is 4.72. The van der Waals surface area contributed by atoms with Crippen LogP contribution >= 0.6 is 0 Å². The first kappa shape index (κ1) is 19.2. The molecular weight excluding hydrogens is 374 g/mol. The third kappa shape index (κ3) is 4.13. The van der Waals surface area contributed by atoms with E-state index in [4.69, 9.17) is 4.74 Å². The van der Waals surface area contributed by atoms with Crippen LogP contribution in [0.3, 0.4) is 0 Å². The van der Waals surface area contributed by atoms with Gasteiger partial charge in [0.2, 0.25) is 0 Å². The molecule has 0 aliphatic rings. The standard InChI is InChI=1S/C25H19N3O2/c1-17-10-12-18(13-11-17)16-30-23-9-5-2-6-19(23)14-20(15-26)24-27-22-8-4-3-7-21(22)25(29)28-24/h2-14H,16H2,1H3,(H,27,28,29)/b20-14-. The average Bonchev–Trinajstić information content (AvgIpc) is 2.77. The predicted octanol–water partition coefficient (Wildman–Crippen LogP) is 4.87. The van der Waals surface area contributed by atoms with Gasteiger partial charge in [-0.15, -0.1) is 0 Å². The van der Waals surface area contributed by atoms with Crippen LogP contribution in [0.1, 0.15) is 22.5 Å². The number of fused-ring (bicyclic) bond motifs is 1. The Hall–Kier alpha value is -4.17. The number of rotatable bonds is 5. The molecule has 0 aliphatic carbocycles. The summed E-state index contributed by atoms with van der Waals surface area (Å²) in [5.74, 6) is 0.878. The fourth-order valence-electron chi connectivity index (χ4n) is 3.10. The smallest absolute Gasteiger partial charge is 0.259 e. The maximum atomic E-state index is 12.4. The van der Waals surface area contributed by atoms with E-state index in [1.165, 1.54) is 5.56 Å². The van der Waals surface area contributed by atoms with E-state index in [-0.39, 0.29) is 17.0 Å². The summed E-state index contributed by atoms with van der Waals surface area (Å²) >= 11 is 0. The monoisotopic (exact) mass is 393 g/mol. The van der Waals surface area contributed by atoms with Crippen LogP contribution in [0.2, 0.25) is 0 Å². The van der Waals surface area contributed by atoms with E-state index in [2.05, 4.69) is 16.0 Å². The third-order valence-electron chi connectivity index (χ3n) is 4.72. The van der Waals surface area contributed by atoms with Gasteiger partial charge in [0, 0.05) is 5.56 Å². The zero-order valence-corrected chi connectivity index (χ0v) is 16.4. The second-order valence-corrected chi connectivity index (χ2v) is 6.91. The summed E-state index contributed by atoms with van der Waals surface area (Å²) in [5.41, 5.74) is 3.50. The summed E-state index contributed by atoms with van der Waals surface area (Å²) in [5, 5.41) is 10.2. The molecular formula is C25H19N3O2. The Morgan fingerprint density at radius 3 is 2.60 bits per heavy atom. The molecule has 0 unspecified atom stereocenters. The predicted molar refractivity (Wildman–Crippen MR) is 118 cm³/mol. The Labute approximate surface area is 173 Å². The molecule has 4 aromatic rings. The number of benzene rings is 3. The van der Waals surface area contributed by atoms with Gasteiger partial charge in [-0.25, -0.2) is 4.98 Å². The minimum atomic E-state index is -0.277. The largest absolute Gasteiger partial charge is 0.488 e. The Bertz CT molecular complexity index is 1330. The minimum Gasteiger partial charge on any atom is -0.488 e. The summed E-state index contributed by atoms with van der Waals surface area (Å²) < 4.78 is 5.99.